The molecule has 10 nitrogen and oxygen atoms in total. The molecule has 2 aromatic heterocycles. The average molecular weight is 577 g/mol. The number of methoxy groups -OCH3 is 2. The fraction of sp³-hybridized carbons (Fsp3) is 0.160. The van der Waals surface area contributed by atoms with Gasteiger partial charge in [0.05, 0.1) is 24.9 Å². The van der Waals surface area contributed by atoms with E-state index in [0.29, 0.717) is 38.4 Å². The summed E-state index contributed by atoms with van der Waals surface area (Å²) >= 11 is 12.9. The summed E-state index contributed by atoms with van der Waals surface area (Å²) in [7, 11) is -0.995. The largest absolute Gasteiger partial charge is 0.497 e. The van der Waals surface area contributed by atoms with E-state index in [4.69, 9.17) is 32.7 Å². The number of sulfonamides is 1. The van der Waals surface area contributed by atoms with Gasteiger partial charge in [-0.1, -0.05) is 35.3 Å². The van der Waals surface area contributed by atoms with Gasteiger partial charge in [-0.25, -0.2) is 13.4 Å². The van der Waals surface area contributed by atoms with Crippen LogP contribution in [0.15, 0.2) is 70.4 Å². The molecule has 4 rings (SSSR count). The Kier molecular flexibility index (Phi) is 8.10. The first-order chi connectivity index (χ1) is 18.2. The van der Waals surface area contributed by atoms with Crippen molar-refractivity contribution in [1.29, 1.82) is 0 Å². The molecule has 0 aliphatic heterocycles. The molecular weight excluding hydrogens is 555 g/mol. The highest BCUT2D eigenvalue weighted by Crippen LogP contribution is 2.42. The number of carbonyl (C=O) groups excluding carboxylic acids is 1. The van der Waals surface area contributed by atoms with E-state index in [2.05, 4.69) is 19.4 Å². The molecule has 0 bridgehead atoms. The van der Waals surface area contributed by atoms with E-state index in [0.717, 1.165) is 6.20 Å². The minimum atomic E-state index is -3.99. The molecule has 0 unspecified atom stereocenters. The molecule has 0 aliphatic rings. The van der Waals surface area contributed by atoms with Gasteiger partial charge < -0.3 is 14.0 Å². The number of nitrogens with one attached hydrogen (secondary N) is 1. The Labute approximate surface area is 229 Å². The molecular formula is C25H22Cl2N4O6S. The average Bonchev–Trinajstić information content (AvgIpc) is 3.41. The van der Waals surface area contributed by atoms with Gasteiger partial charge in [-0.3, -0.25) is 14.4 Å². The Morgan fingerprint density at radius 3 is 2.47 bits per heavy atom. The number of rotatable bonds is 9. The maximum Gasteiger partial charge on any atom is 0.264 e. The summed E-state index contributed by atoms with van der Waals surface area (Å²) in [5.41, 5.74) is 1.61. The molecule has 0 saturated heterocycles. The van der Waals surface area contributed by atoms with E-state index < -0.39 is 10.0 Å². The van der Waals surface area contributed by atoms with E-state index in [9.17, 15) is 13.2 Å². The predicted octanol–water partition coefficient (Wildman–Crippen LogP) is 5.94. The summed E-state index contributed by atoms with van der Waals surface area (Å²) in [6.07, 6.45) is 2.50. The molecule has 0 spiro atoms. The zero-order chi connectivity index (χ0) is 27.4. The third-order valence-corrected chi connectivity index (χ3v) is 7.29. The van der Waals surface area contributed by atoms with Crippen LogP contribution in [-0.4, -0.2) is 38.7 Å². The van der Waals surface area contributed by atoms with Crippen molar-refractivity contribution >= 4 is 56.5 Å². The van der Waals surface area contributed by atoms with Crippen molar-refractivity contribution in [2.45, 2.75) is 18.2 Å². The number of hydrogen-bond acceptors (Lipinski definition) is 8. The monoisotopic (exact) mass is 576 g/mol. The van der Waals surface area contributed by atoms with Crippen molar-refractivity contribution in [1.82, 2.24) is 10.1 Å². The number of anilines is 3. The third kappa shape index (κ3) is 5.69. The van der Waals surface area contributed by atoms with Gasteiger partial charge in [0, 0.05) is 29.3 Å². The highest BCUT2D eigenvalue weighted by molar-refractivity contribution is 7.92. The number of ether oxygens (including phenoxy) is 2. The molecule has 0 atom stereocenters. The van der Waals surface area contributed by atoms with Gasteiger partial charge >= 0.3 is 0 Å². The number of aromatic nitrogens is 2. The van der Waals surface area contributed by atoms with Crippen LogP contribution in [0, 0.1) is 0 Å². The molecule has 38 heavy (non-hydrogen) atoms. The lowest BCUT2D eigenvalue weighted by atomic mass is 10.0. The quantitative estimate of drug-likeness (QED) is 0.259. The summed E-state index contributed by atoms with van der Waals surface area (Å²) in [5, 5.41) is 4.31. The van der Waals surface area contributed by atoms with E-state index in [1.165, 1.54) is 43.6 Å². The van der Waals surface area contributed by atoms with Crippen molar-refractivity contribution in [2.24, 2.45) is 0 Å². The highest BCUT2D eigenvalue weighted by atomic mass is 35.5. The Bertz CT molecular complexity index is 1560. The zero-order valence-electron chi connectivity index (χ0n) is 20.4. The molecule has 0 saturated carbocycles. The number of benzene rings is 2. The fourth-order valence-electron chi connectivity index (χ4n) is 3.61. The zero-order valence-corrected chi connectivity index (χ0v) is 22.8. The minimum absolute atomic E-state index is 0.0219. The molecule has 0 aliphatic carbocycles. The molecule has 0 fully saturated rings. The van der Waals surface area contributed by atoms with E-state index in [-0.39, 0.29) is 28.9 Å². The predicted molar refractivity (Wildman–Crippen MR) is 144 cm³/mol. The van der Waals surface area contributed by atoms with Gasteiger partial charge in [0.2, 0.25) is 5.91 Å². The Morgan fingerprint density at radius 2 is 1.87 bits per heavy atom. The normalized spacial score (nSPS) is 11.2. The van der Waals surface area contributed by atoms with E-state index in [1.54, 1.807) is 37.3 Å². The minimum Gasteiger partial charge on any atom is -0.497 e. The van der Waals surface area contributed by atoms with Crippen LogP contribution >= 0.6 is 23.2 Å². The van der Waals surface area contributed by atoms with Crippen LogP contribution in [0.3, 0.4) is 0 Å². The summed E-state index contributed by atoms with van der Waals surface area (Å²) in [5.74, 6) is 0.751. The number of nitrogens with zero attached hydrogens (tertiary/aromatic N) is 3. The summed E-state index contributed by atoms with van der Waals surface area (Å²) < 4.78 is 43.2. The summed E-state index contributed by atoms with van der Waals surface area (Å²) in [4.78, 5) is 18.5. The second kappa shape index (κ2) is 11.3. The van der Waals surface area contributed by atoms with Crippen LogP contribution < -0.4 is 19.1 Å². The van der Waals surface area contributed by atoms with Gasteiger partial charge in [-0.05, 0) is 48.0 Å². The van der Waals surface area contributed by atoms with Crippen LogP contribution in [0.5, 0.6) is 11.5 Å². The highest BCUT2D eigenvalue weighted by Gasteiger charge is 2.25. The van der Waals surface area contributed by atoms with Crippen LogP contribution in [0.25, 0.3) is 11.1 Å². The van der Waals surface area contributed by atoms with Gasteiger partial charge in [-0.2, -0.15) is 0 Å². The summed E-state index contributed by atoms with van der Waals surface area (Å²) in [6.45, 7) is 1.69. The topological polar surface area (TPSA) is 124 Å². The molecule has 198 valence electrons. The number of pyridine rings is 1. The van der Waals surface area contributed by atoms with E-state index >= 15 is 0 Å². The first kappa shape index (κ1) is 27.2. The molecule has 1 N–H and O–H groups in total. The van der Waals surface area contributed by atoms with Gasteiger partial charge in [0.15, 0.2) is 5.82 Å². The molecule has 1 amide bonds. The van der Waals surface area contributed by atoms with Crippen LogP contribution in [0.4, 0.5) is 17.3 Å². The Hall–Kier alpha value is -3.80. The lowest BCUT2D eigenvalue weighted by Gasteiger charge is -2.25. The molecule has 0 radical (unpaired) electrons. The van der Waals surface area contributed by atoms with Crippen LogP contribution in [0.2, 0.25) is 10.0 Å². The SMILES string of the molecule is CCC(=O)N(c1ccc(S(=O)(=O)Nc2ccon2)cn1)c1cc(Cl)c(-c2cc(Cl)cc(OC)c2)cc1OC. The fourth-order valence-corrected chi connectivity index (χ4v) is 5.04. The van der Waals surface area contributed by atoms with Crippen molar-refractivity contribution in [3.8, 4) is 22.6 Å². The van der Waals surface area contributed by atoms with Crippen molar-refractivity contribution in [3.05, 3.63) is 71.0 Å². The summed E-state index contributed by atoms with van der Waals surface area (Å²) in [6, 6.07) is 12.5. The first-order valence-electron chi connectivity index (χ1n) is 11.1. The van der Waals surface area contributed by atoms with Gasteiger partial charge in [0.25, 0.3) is 10.0 Å². The molecule has 2 heterocycles. The third-order valence-electron chi connectivity index (χ3n) is 5.42. The lowest BCUT2D eigenvalue weighted by molar-refractivity contribution is -0.117. The second-order valence-electron chi connectivity index (χ2n) is 7.81. The number of hydrogen-bond donors (Lipinski definition) is 1. The smallest absolute Gasteiger partial charge is 0.264 e. The van der Waals surface area contributed by atoms with Crippen molar-refractivity contribution in [3.63, 3.8) is 0 Å². The molecule has 4 aromatic rings. The maximum atomic E-state index is 13.1. The van der Waals surface area contributed by atoms with Crippen molar-refractivity contribution in [2.75, 3.05) is 23.8 Å². The van der Waals surface area contributed by atoms with Gasteiger partial charge in [-0.15, -0.1) is 0 Å². The maximum absolute atomic E-state index is 13.1. The number of carbonyl (C=O) groups is 1. The van der Waals surface area contributed by atoms with Gasteiger partial charge in [0.1, 0.15) is 28.5 Å². The number of halogens is 2. The Morgan fingerprint density at radius 1 is 1.08 bits per heavy atom. The second-order valence-corrected chi connectivity index (χ2v) is 10.3. The number of amides is 1. The van der Waals surface area contributed by atoms with Crippen LogP contribution in [0.1, 0.15) is 13.3 Å². The van der Waals surface area contributed by atoms with Crippen molar-refractivity contribution < 1.29 is 27.2 Å². The lowest BCUT2D eigenvalue weighted by Crippen LogP contribution is -2.26. The first-order valence-corrected chi connectivity index (χ1v) is 13.4. The van der Waals surface area contributed by atoms with Crippen LogP contribution in [-0.2, 0) is 14.8 Å². The van der Waals surface area contributed by atoms with E-state index in [1.807, 2.05) is 0 Å². The standard InChI is InChI=1S/C25H22Cl2N4O6S/c1-4-25(32)31(24-6-5-18(14-28-24)38(33,34)30-23-7-8-37-29-23)21-13-20(27)19(12-22(21)36-3)15-9-16(26)11-17(10-15)35-2/h5-14H,4H2,1-3H3,(H,29,30). The molecule has 13 heteroatoms. The molecule has 2 aromatic carbocycles. The Balaban J connectivity index is 1.75.